The topological polar surface area (TPSA) is 29.5 Å². The van der Waals surface area contributed by atoms with Gasteiger partial charge in [-0.15, -0.1) is 0 Å². The van der Waals surface area contributed by atoms with Crippen molar-refractivity contribution in [2.24, 2.45) is 5.92 Å². The molecule has 0 radical (unpaired) electrons. The van der Waals surface area contributed by atoms with Gasteiger partial charge < -0.3 is 9.64 Å². The van der Waals surface area contributed by atoms with Crippen molar-refractivity contribution in [2.45, 2.75) is 39.5 Å². The molecule has 1 heterocycles. The summed E-state index contributed by atoms with van der Waals surface area (Å²) < 4.78 is 5.65. The molecule has 3 nitrogen and oxygen atoms in total. The zero-order chi connectivity index (χ0) is 14.4. The van der Waals surface area contributed by atoms with Crippen LogP contribution in [-0.2, 0) is 4.79 Å². The van der Waals surface area contributed by atoms with Gasteiger partial charge in [-0.1, -0.05) is 24.6 Å². The number of amides is 1. The van der Waals surface area contributed by atoms with Crippen molar-refractivity contribution in [3.05, 3.63) is 29.8 Å². The molecule has 20 heavy (non-hydrogen) atoms. The van der Waals surface area contributed by atoms with Crippen molar-refractivity contribution in [1.82, 2.24) is 4.90 Å². The number of benzene rings is 1. The van der Waals surface area contributed by atoms with Crippen LogP contribution in [0.15, 0.2) is 24.3 Å². The number of likely N-dealkylation sites (tertiary alicyclic amines) is 1. The molecule has 3 heteroatoms. The number of aryl methyl sites for hydroxylation is 1. The number of carbonyl (C=O) groups excluding carboxylic acids is 1. The maximum Gasteiger partial charge on any atom is 0.222 e. The maximum absolute atomic E-state index is 12.1. The van der Waals surface area contributed by atoms with Gasteiger partial charge in [0.2, 0.25) is 5.91 Å². The van der Waals surface area contributed by atoms with Crippen molar-refractivity contribution in [3.8, 4) is 5.75 Å². The predicted molar refractivity (Wildman–Crippen MR) is 80.9 cm³/mol. The normalized spacial score (nSPS) is 18.9. The Morgan fingerprint density at radius 3 is 2.80 bits per heavy atom. The van der Waals surface area contributed by atoms with E-state index in [9.17, 15) is 4.79 Å². The smallest absolute Gasteiger partial charge is 0.222 e. The van der Waals surface area contributed by atoms with Gasteiger partial charge in [-0.05, 0) is 44.2 Å². The van der Waals surface area contributed by atoms with E-state index in [0.717, 1.165) is 31.7 Å². The van der Waals surface area contributed by atoms with E-state index in [-0.39, 0.29) is 5.91 Å². The molecule has 110 valence electrons. The minimum Gasteiger partial charge on any atom is -0.494 e. The molecule has 1 aliphatic heterocycles. The van der Waals surface area contributed by atoms with Crippen LogP contribution in [0.25, 0.3) is 0 Å². The van der Waals surface area contributed by atoms with Crippen LogP contribution in [0.2, 0.25) is 0 Å². The number of nitrogens with zero attached hydrogens (tertiary/aromatic N) is 1. The van der Waals surface area contributed by atoms with E-state index in [1.807, 2.05) is 29.2 Å². The molecular weight excluding hydrogens is 250 g/mol. The van der Waals surface area contributed by atoms with Gasteiger partial charge in [0.05, 0.1) is 6.61 Å². The van der Waals surface area contributed by atoms with Crippen LogP contribution in [0, 0.1) is 12.8 Å². The molecule has 0 N–H and O–H groups in total. The van der Waals surface area contributed by atoms with Crippen LogP contribution in [0.3, 0.4) is 0 Å². The summed E-state index contributed by atoms with van der Waals surface area (Å²) in [5.74, 6) is 1.82. The molecule has 1 aliphatic rings. The van der Waals surface area contributed by atoms with Gasteiger partial charge in [-0.3, -0.25) is 4.79 Å². The van der Waals surface area contributed by atoms with Crippen molar-refractivity contribution >= 4 is 5.91 Å². The molecule has 1 aromatic carbocycles. The monoisotopic (exact) mass is 275 g/mol. The quantitative estimate of drug-likeness (QED) is 0.771. The minimum atomic E-state index is 0.282. The molecule has 0 aliphatic carbocycles. The maximum atomic E-state index is 12.1. The highest BCUT2D eigenvalue weighted by molar-refractivity contribution is 5.76. The van der Waals surface area contributed by atoms with Crippen LogP contribution in [0.5, 0.6) is 5.75 Å². The summed E-state index contributed by atoms with van der Waals surface area (Å²) >= 11 is 0. The lowest BCUT2D eigenvalue weighted by atomic mass is 10.00. The highest BCUT2D eigenvalue weighted by atomic mass is 16.5. The molecule has 2 rings (SSSR count). The number of carbonyl (C=O) groups is 1. The second-order valence-electron chi connectivity index (χ2n) is 5.85. The summed E-state index contributed by atoms with van der Waals surface area (Å²) in [6.45, 7) is 6.75. The van der Waals surface area contributed by atoms with Gasteiger partial charge in [0.15, 0.2) is 0 Å². The number of ether oxygens (including phenoxy) is 1. The van der Waals surface area contributed by atoms with E-state index in [4.69, 9.17) is 4.74 Å². The van der Waals surface area contributed by atoms with E-state index < -0.39 is 0 Å². The first-order chi connectivity index (χ1) is 9.65. The molecule has 1 amide bonds. The van der Waals surface area contributed by atoms with Crippen molar-refractivity contribution < 1.29 is 9.53 Å². The Bertz CT molecular complexity index is 427. The molecule has 1 aromatic rings. The van der Waals surface area contributed by atoms with E-state index in [0.29, 0.717) is 18.9 Å². The van der Waals surface area contributed by atoms with Gasteiger partial charge >= 0.3 is 0 Å². The molecule has 1 fully saturated rings. The fourth-order valence-electron chi connectivity index (χ4n) is 2.62. The van der Waals surface area contributed by atoms with Gasteiger partial charge in [-0.2, -0.15) is 0 Å². The van der Waals surface area contributed by atoms with Crippen LogP contribution >= 0.6 is 0 Å². The fourth-order valence-corrected chi connectivity index (χ4v) is 2.62. The third-order valence-electron chi connectivity index (χ3n) is 3.83. The molecular formula is C17H25NO2. The Morgan fingerprint density at radius 1 is 1.35 bits per heavy atom. The Morgan fingerprint density at radius 2 is 2.10 bits per heavy atom. The molecule has 0 aromatic heterocycles. The summed E-state index contributed by atoms with van der Waals surface area (Å²) in [6.07, 6.45) is 3.78. The Balaban J connectivity index is 1.65. The first kappa shape index (κ1) is 14.9. The summed E-state index contributed by atoms with van der Waals surface area (Å²) in [4.78, 5) is 14.1. The number of hydrogen-bond donors (Lipinski definition) is 0. The lowest BCUT2D eigenvalue weighted by Crippen LogP contribution is -2.39. The second-order valence-corrected chi connectivity index (χ2v) is 5.85. The molecule has 1 saturated heterocycles. The Kier molecular flexibility index (Phi) is 5.45. The molecule has 0 saturated carbocycles. The highest BCUT2D eigenvalue weighted by Crippen LogP contribution is 2.17. The number of rotatable bonds is 5. The zero-order valence-electron chi connectivity index (χ0n) is 12.6. The van der Waals surface area contributed by atoms with E-state index >= 15 is 0 Å². The van der Waals surface area contributed by atoms with Crippen LogP contribution in [-0.4, -0.2) is 30.5 Å². The standard InChI is InChI=1S/C17H25NO2/c1-14-7-9-16(10-8-14)20-12-4-6-17(19)18-11-3-5-15(2)13-18/h7-10,15H,3-6,11-13H2,1-2H3. The predicted octanol–water partition coefficient (Wildman–Crippen LogP) is 3.41. The third-order valence-corrected chi connectivity index (χ3v) is 3.83. The lowest BCUT2D eigenvalue weighted by Gasteiger charge is -2.31. The fraction of sp³-hybridized carbons (Fsp3) is 0.588. The highest BCUT2D eigenvalue weighted by Gasteiger charge is 2.20. The lowest BCUT2D eigenvalue weighted by molar-refractivity contribution is -0.133. The SMILES string of the molecule is Cc1ccc(OCCCC(=O)N2CCCC(C)C2)cc1. The second kappa shape index (κ2) is 7.32. The first-order valence-electron chi connectivity index (χ1n) is 7.62. The van der Waals surface area contributed by atoms with Gasteiger partial charge in [-0.25, -0.2) is 0 Å². The summed E-state index contributed by atoms with van der Waals surface area (Å²) in [5.41, 5.74) is 1.23. The Labute approximate surface area is 121 Å². The minimum absolute atomic E-state index is 0.282. The third kappa shape index (κ3) is 4.55. The molecule has 0 bridgehead atoms. The van der Waals surface area contributed by atoms with E-state index in [1.165, 1.54) is 12.0 Å². The zero-order valence-corrected chi connectivity index (χ0v) is 12.6. The average Bonchev–Trinajstić information content (AvgIpc) is 2.45. The summed E-state index contributed by atoms with van der Waals surface area (Å²) in [7, 11) is 0. The van der Waals surface area contributed by atoms with E-state index in [2.05, 4.69) is 13.8 Å². The first-order valence-corrected chi connectivity index (χ1v) is 7.62. The van der Waals surface area contributed by atoms with Crippen LogP contribution in [0.4, 0.5) is 0 Å². The largest absolute Gasteiger partial charge is 0.494 e. The van der Waals surface area contributed by atoms with Gasteiger partial charge in [0.1, 0.15) is 5.75 Å². The Hall–Kier alpha value is -1.51. The van der Waals surface area contributed by atoms with Gasteiger partial charge in [0, 0.05) is 19.5 Å². The molecule has 1 unspecified atom stereocenters. The summed E-state index contributed by atoms with van der Waals surface area (Å²) in [5, 5.41) is 0. The average molecular weight is 275 g/mol. The van der Waals surface area contributed by atoms with Crippen molar-refractivity contribution in [1.29, 1.82) is 0 Å². The molecule has 0 spiro atoms. The van der Waals surface area contributed by atoms with Crippen molar-refractivity contribution in [2.75, 3.05) is 19.7 Å². The van der Waals surface area contributed by atoms with Gasteiger partial charge in [0.25, 0.3) is 0 Å². The van der Waals surface area contributed by atoms with Crippen LogP contribution in [0.1, 0.15) is 38.2 Å². The van der Waals surface area contributed by atoms with Crippen molar-refractivity contribution in [3.63, 3.8) is 0 Å². The summed E-state index contributed by atoms with van der Waals surface area (Å²) in [6, 6.07) is 8.03. The number of piperidine rings is 1. The number of hydrogen-bond acceptors (Lipinski definition) is 2. The molecule has 1 atom stereocenters. The van der Waals surface area contributed by atoms with E-state index in [1.54, 1.807) is 0 Å². The van der Waals surface area contributed by atoms with Crippen LogP contribution < -0.4 is 4.74 Å².